The Morgan fingerprint density at radius 1 is 1.00 bits per heavy atom. The van der Waals surface area contributed by atoms with Crippen LogP contribution in [0.25, 0.3) is 0 Å². The molecular formula is C15H14FN3O2. The van der Waals surface area contributed by atoms with E-state index in [-0.39, 0.29) is 18.1 Å². The van der Waals surface area contributed by atoms with Crippen molar-refractivity contribution in [2.24, 2.45) is 0 Å². The van der Waals surface area contributed by atoms with Crippen molar-refractivity contribution in [2.45, 2.75) is 13.0 Å². The first kappa shape index (κ1) is 14.6. The van der Waals surface area contributed by atoms with Crippen molar-refractivity contribution in [1.29, 1.82) is 0 Å². The number of halogens is 1. The summed E-state index contributed by atoms with van der Waals surface area (Å²) in [6.45, 7) is 0.338. The first-order chi connectivity index (χ1) is 10.1. The van der Waals surface area contributed by atoms with Gasteiger partial charge < -0.3 is 10.6 Å². The van der Waals surface area contributed by atoms with Gasteiger partial charge in [0.1, 0.15) is 12.2 Å². The quantitative estimate of drug-likeness (QED) is 0.825. The molecule has 0 atom stereocenters. The zero-order valence-electron chi connectivity index (χ0n) is 11.2. The molecule has 2 aromatic rings. The summed E-state index contributed by atoms with van der Waals surface area (Å²) in [5.41, 5.74) is 1.35. The lowest BCUT2D eigenvalue weighted by Crippen LogP contribution is -2.27. The summed E-state index contributed by atoms with van der Waals surface area (Å²) in [7, 11) is 0. The van der Waals surface area contributed by atoms with Gasteiger partial charge >= 0.3 is 0 Å². The number of amides is 2. The molecule has 2 rings (SSSR count). The van der Waals surface area contributed by atoms with E-state index in [2.05, 4.69) is 15.6 Å². The number of nitrogens with one attached hydrogen (secondary N) is 2. The van der Waals surface area contributed by atoms with Gasteiger partial charge in [-0.05, 0) is 42.0 Å². The first-order valence-corrected chi connectivity index (χ1v) is 6.34. The van der Waals surface area contributed by atoms with E-state index >= 15 is 0 Å². The van der Waals surface area contributed by atoms with E-state index in [0.717, 1.165) is 5.56 Å². The molecule has 0 aliphatic carbocycles. The molecule has 6 heteroatoms. The third kappa shape index (κ3) is 5.02. The van der Waals surface area contributed by atoms with Crippen molar-refractivity contribution in [3.8, 4) is 0 Å². The number of rotatable bonds is 5. The van der Waals surface area contributed by atoms with E-state index in [1.54, 1.807) is 24.5 Å². The van der Waals surface area contributed by atoms with Crippen LogP contribution in [-0.4, -0.2) is 16.8 Å². The third-order valence-corrected chi connectivity index (χ3v) is 2.69. The van der Waals surface area contributed by atoms with Gasteiger partial charge in [0.25, 0.3) is 0 Å². The summed E-state index contributed by atoms with van der Waals surface area (Å²) >= 11 is 0. The molecule has 1 aromatic heterocycles. The zero-order chi connectivity index (χ0) is 15.1. The van der Waals surface area contributed by atoms with Crippen LogP contribution in [0.5, 0.6) is 0 Å². The van der Waals surface area contributed by atoms with Crippen LogP contribution < -0.4 is 10.6 Å². The molecule has 5 nitrogen and oxygen atoms in total. The summed E-state index contributed by atoms with van der Waals surface area (Å²) in [6, 6.07) is 8.89. The fourth-order valence-corrected chi connectivity index (χ4v) is 1.65. The van der Waals surface area contributed by atoms with E-state index in [1.807, 2.05) is 0 Å². The lowest BCUT2D eigenvalue weighted by Gasteiger charge is -2.06. The maximum Gasteiger partial charge on any atom is 0.233 e. The highest BCUT2D eigenvalue weighted by molar-refractivity contribution is 6.03. The Balaban J connectivity index is 1.77. The maximum absolute atomic E-state index is 12.7. The number of nitrogens with zero attached hydrogens (tertiary/aromatic N) is 1. The normalized spacial score (nSPS) is 9.95. The fourth-order valence-electron chi connectivity index (χ4n) is 1.65. The summed E-state index contributed by atoms with van der Waals surface area (Å²) in [5, 5.41) is 5.16. The van der Waals surface area contributed by atoms with Crippen LogP contribution in [0.2, 0.25) is 0 Å². The van der Waals surface area contributed by atoms with E-state index in [0.29, 0.717) is 12.2 Å². The minimum Gasteiger partial charge on any atom is -0.352 e. The number of hydrogen-bond acceptors (Lipinski definition) is 3. The summed E-state index contributed by atoms with van der Waals surface area (Å²) < 4.78 is 12.7. The predicted octanol–water partition coefficient (Wildman–Crippen LogP) is 1.87. The van der Waals surface area contributed by atoms with Crippen LogP contribution in [0.15, 0.2) is 48.8 Å². The van der Waals surface area contributed by atoms with Crippen molar-refractivity contribution in [3.63, 3.8) is 0 Å². The molecule has 21 heavy (non-hydrogen) atoms. The predicted molar refractivity (Wildman–Crippen MR) is 75.7 cm³/mol. The summed E-state index contributed by atoms with van der Waals surface area (Å²) in [5.74, 6) is -1.22. The largest absolute Gasteiger partial charge is 0.352 e. The van der Waals surface area contributed by atoms with Crippen LogP contribution in [-0.2, 0) is 16.1 Å². The zero-order valence-corrected chi connectivity index (χ0v) is 11.2. The summed E-state index contributed by atoms with van der Waals surface area (Å²) in [4.78, 5) is 27.1. The van der Waals surface area contributed by atoms with Crippen LogP contribution in [0, 0.1) is 5.82 Å². The van der Waals surface area contributed by atoms with Crippen LogP contribution in [0.1, 0.15) is 12.0 Å². The molecule has 0 saturated heterocycles. The summed E-state index contributed by atoms with van der Waals surface area (Å²) in [6.07, 6.45) is 2.97. The Morgan fingerprint density at radius 2 is 1.67 bits per heavy atom. The van der Waals surface area contributed by atoms with Crippen LogP contribution in [0.4, 0.5) is 10.1 Å². The highest BCUT2D eigenvalue weighted by atomic mass is 19.1. The van der Waals surface area contributed by atoms with Crippen molar-refractivity contribution < 1.29 is 14.0 Å². The maximum atomic E-state index is 12.7. The van der Waals surface area contributed by atoms with Gasteiger partial charge in [0.15, 0.2) is 0 Å². The number of benzene rings is 1. The molecule has 0 aliphatic rings. The Morgan fingerprint density at radius 3 is 2.33 bits per heavy atom. The van der Waals surface area contributed by atoms with Crippen LogP contribution >= 0.6 is 0 Å². The van der Waals surface area contributed by atoms with Gasteiger partial charge in [-0.2, -0.15) is 0 Å². The molecule has 2 N–H and O–H groups in total. The standard InChI is InChI=1S/C15H14FN3O2/c16-12-1-3-13(4-2-12)19-15(21)9-14(20)18-10-11-5-7-17-8-6-11/h1-8H,9-10H2,(H,18,20)(H,19,21). The molecule has 1 heterocycles. The average molecular weight is 287 g/mol. The lowest BCUT2D eigenvalue weighted by molar-refractivity contribution is -0.126. The van der Waals surface area contributed by atoms with Gasteiger partial charge in [-0.3, -0.25) is 14.6 Å². The van der Waals surface area contributed by atoms with Crippen molar-refractivity contribution >= 4 is 17.5 Å². The number of anilines is 1. The molecule has 1 aromatic carbocycles. The number of aromatic nitrogens is 1. The van der Waals surface area contributed by atoms with Crippen LogP contribution in [0.3, 0.4) is 0 Å². The molecule has 0 aliphatic heterocycles. The molecular weight excluding hydrogens is 273 g/mol. The smallest absolute Gasteiger partial charge is 0.233 e. The average Bonchev–Trinajstić information content (AvgIpc) is 2.48. The number of carbonyl (C=O) groups excluding carboxylic acids is 2. The number of hydrogen-bond donors (Lipinski definition) is 2. The lowest BCUT2D eigenvalue weighted by atomic mass is 10.2. The van der Waals surface area contributed by atoms with Gasteiger partial charge in [0.05, 0.1) is 0 Å². The highest BCUT2D eigenvalue weighted by Gasteiger charge is 2.09. The molecule has 2 amide bonds. The number of pyridine rings is 1. The molecule has 108 valence electrons. The van der Waals surface area contributed by atoms with Crippen molar-refractivity contribution in [2.75, 3.05) is 5.32 Å². The molecule has 0 radical (unpaired) electrons. The van der Waals surface area contributed by atoms with E-state index in [9.17, 15) is 14.0 Å². The van der Waals surface area contributed by atoms with Gasteiger partial charge in [-0.15, -0.1) is 0 Å². The Hall–Kier alpha value is -2.76. The SMILES string of the molecule is O=C(CC(=O)Nc1ccc(F)cc1)NCc1ccncc1. The Labute approximate surface area is 121 Å². The van der Waals surface area contributed by atoms with Gasteiger partial charge in [-0.25, -0.2) is 4.39 Å². The highest BCUT2D eigenvalue weighted by Crippen LogP contribution is 2.08. The van der Waals surface area contributed by atoms with E-state index < -0.39 is 5.91 Å². The molecule has 0 saturated carbocycles. The fraction of sp³-hybridized carbons (Fsp3) is 0.133. The molecule has 0 unspecified atom stereocenters. The second-order valence-corrected chi connectivity index (χ2v) is 4.36. The number of carbonyl (C=O) groups is 2. The van der Waals surface area contributed by atoms with Gasteiger partial charge in [0, 0.05) is 24.6 Å². The minimum absolute atomic E-state index is 0.289. The topological polar surface area (TPSA) is 71.1 Å². The van der Waals surface area contributed by atoms with E-state index in [4.69, 9.17) is 0 Å². The van der Waals surface area contributed by atoms with Crippen molar-refractivity contribution in [1.82, 2.24) is 10.3 Å². The van der Waals surface area contributed by atoms with Gasteiger partial charge in [0.2, 0.25) is 11.8 Å². The Bertz CT molecular complexity index is 615. The monoisotopic (exact) mass is 287 g/mol. The first-order valence-electron chi connectivity index (χ1n) is 6.34. The van der Waals surface area contributed by atoms with Crippen molar-refractivity contribution in [3.05, 3.63) is 60.2 Å². The second kappa shape index (κ2) is 7.14. The molecule has 0 fully saturated rings. The minimum atomic E-state index is -0.450. The second-order valence-electron chi connectivity index (χ2n) is 4.36. The third-order valence-electron chi connectivity index (χ3n) is 2.69. The molecule has 0 bridgehead atoms. The van der Waals surface area contributed by atoms with Gasteiger partial charge in [-0.1, -0.05) is 0 Å². The van der Waals surface area contributed by atoms with E-state index in [1.165, 1.54) is 24.3 Å². The molecule has 0 spiro atoms. The Kier molecular flexibility index (Phi) is 4.98.